The van der Waals surface area contributed by atoms with E-state index in [4.69, 9.17) is 6.42 Å². The molecule has 0 aliphatic rings. The number of phenols is 1. The van der Waals surface area contributed by atoms with Gasteiger partial charge in [-0.05, 0) is 19.9 Å². The van der Waals surface area contributed by atoms with E-state index in [1.165, 1.54) is 0 Å². The maximum absolute atomic E-state index is 9.48. The van der Waals surface area contributed by atoms with Gasteiger partial charge in [0, 0.05) is 5.56 Å². The van der Waals surface area contributed by atoms with Gasteiger partial charge in [0.25, 0.3) is 0 Å². The van der Waals surface area contributed by atoms with Crippen molar-refractivity contribution in [3.05, 3.63) is 29.8 Å². The first-order chi connectivity index (χ1) is 5.58. The van der Waals surface area contributed by atoms with Gasteiger partial charge in [-0.25, -0.2) is 0 Å². The largest absolute Gasteiger partial charge is 0.508 e. The zero-order valence-electron chi connectivity index (χ0n) is 7.33. The van der Waals surface area contributed by atoms with Crippen molar-refractivity contribution in [2.75, 3.05) is 0 Å². The fourth-order valence-electron chi connectivity index (χ4n) is 1.08. The molecule has 1 heteroatoms. The topological polar surface area (TPSA) is 20.2 Å². The molecular formula is C11H12O. The van der Waals surface area contributed by atoms with Crippen molar-refractivity contribution in [2.45, 2.75) is 19.3 Å². The summed E-state index contributed by atoms with van der Waals surface area (Å²) in [5, 5.41) is 9.48. The normalized spacial score (nSPS) is 10.8. The summed E-state index contributed by atoms with van der Waals surface area (Å²) in [6.07, 6.45) is 5.35. The number of phenolic OH excluding ortho intramolecular Hbond substituents is 1. The van der Waals surface area contributed by atoms with Gasteiger partial charge in [-0.2, -0.15) is 0 Å². The first-order valence-electron chi connectivity index (χ1n) is 3.84. The highest BCUT2D eigenvalue weighted by Gasteiger charge is 2.19. The molecule has 1 aromatic carbocycles. The van der Waals surface area contributed by atoms with E-state index >= 15 is 0 Å². The zero-order chi connectivity index (χ0) is 9.19. The minimum Gasteiger partial charge on any atom is -0.508 e. The molecule has 0 fully saturated rings. The lowest BCUT2D eigenvalue weighted by atomic mass is 9.85. The molecule has 1 rings (SSSR count). The van der Waals surface area contributed by atoms with Gasteiger partial charge < -0.3 is 5.11 Å². The molecule has 12 heavy (non-hydrogen) atoms. The predicted octanol–water partition coefficient (Wildman–Crippen LogP) is 2.30. The molecule has 0 aliphatic carbocycles. The molecule has 0 unspecified atom stereocenters. The first-order valence-corrected chi connectivity index (χ1v) is 3.84. The molecule has 1 nitrogen and oxygen atoms in total. The summed E-state index contributed by atoms with van der Waals surface area (Å²) in [6.45, 7) is 3.81. The van der Waals surface area contributed by atoms with Gasteiger partial charge in [-0.15, -0.1) is 6.42 Å². The van der Waals surface area contributed by atoms with E-state index in [2.05, 4.69) is 5.92 Å². The Morgan fingerprint density at radius 2 is 1.92 bits per heavy atom. The van der Waals surface area contributed by atoms with Crippen LogP contribution in [0.25, 0.3) is 0 Å². The van der Waals surface area contributed by atoms with Crippen molar-refractivity contribution in [2.24, 2.45) is 0 Å². The first kappa shape index (κ1) is 8.67. The molecule has 1 aromatic rings. The Morgan fingerprint density at radius 1 is 1.33 bits per heavy atom. The fourth-order valence-corrected chi connectivity index (χ4v) is 1.08. The molecule has 0 radical (unpaired) electrons. The number of rotatable bonds is 1. The average Bonchev–Trinajstić information content (AvgIpc) is 2.05. The van der Waals surface area contributed by atoms with Crippen LogP contribution in [0.2, 0.25) is 0 Å². The van der Waals surface area contributed by atoms with Crippen molar-refractivity contribution < 1.29 is 5.11 Å². The highest BCUT2D eigenvalue weighted by Crippen LogP contribution is 2.29. The van der Waals surface area contributed by atoms with Crippen LogP contribution in [-0.4, -0.2) is 5.11 Å². The van der Waals surface area contributed by atoms with Gasteiger partial charge in [-0.1, -0.05) is 24.1 Å². The minimum absolute atomic E-state index is 0.264. The van der Waals surface area contributed by atoms with Gasteiger partial charge in [0.1, 0.15) is 5.75 Å². The van der Waals surface area contributed by atoms with Gasteiger partial charge in [0.05, 0.1) is 5.41 Å². The quantitative estimate of drug-likeness (QED) is 0.625. The molecule has 1 N–H and O–H groups in total. The molecular weight excluding hydrogens is 148 g/mol. The van der Waals surface area contributed by atoms with Crippen LogP contribution >= 0.6 is 0 Å². The van der Waals surface area contributed by atoms with Crippen LogP contribution < -0.4 is 0 Å². The minimum atomic E-state index is -0.397. The smallest absolute Gasteiger partial charge is 0.120 e. The van der Waals surface area contributed by atoms with Crippen LogP contribution in [-0.2, 0) is 5.41 Å². The van der Waals surface area contributed by atoms with E-state index in [9.17, 15) is 5.11 Å². The molecule has 0 aliphatic heterocycles. The van der Waals surface area contributed by atoms with Crippen LogP contribution in [0.1, 0.15) is 19.4 Å². The zero-order valence-corrected chi connectivity index (χ0v) is 7.33. The van der Waals surface area contributed by atoms with Crippen molar-refractivity contribution in [1.82, 2.24) is 0 Å². The Hall–Kier alpha value is -1.42. The van der Waals surface area contributed by atoms with E-state index < -0.39 is 5.41 Å². The second-order valence-electron chi connectivity index (χ2n) is 3.29. The lowest BCUT2D eigenvalue weighted by molar-refractivity contribution is 0.457. The Kier molecular flexibility index (Phi) is 2.10. The highest BCUT2D eigenvalue weighted by molar-refractivity contribution is 5.42. The number of para-hydroxylation sites is 1. The average molecular weight is 160 g/mol. The summed E-state index contributed by atoms with van der Waals surface area (Å²) in [6, 6.07) is 7.14. The van der Waals surface area contributed by atoms with Crippen molar-refractivity contribution >= 4 is 0 Å². The predicted molar refractivity (Wildman–Crippen MR) is 50.0 cm³/mol. The number of hydrogen-bond acceptors (Lipinski definition) is 1. The van der Waals surface area contributed by atoms with Crippen LogP contribution in [0.5, 0.6) is 5.75 Å². The summed E-state index contributed by atoms with van der Waals surface area (Å²) in [4.78, 5) is 0. The van der Waals surface area contributed by atoms with E-state index in [0.29, 0.717) is 0 Å². The Balaban J connectivity index is 3.22. The number of aromatic hydroxyl groups is 1. The van der Waals surface area contributed by atoms with Gasteiger partial charge in [0.15, 0.2) is 0 Å². The third-order valence-corrected chi connectivity index (χ3v) is 1.94. The van der Waals surface area contributed by atoms with Crippen molar-refractivity contribution in [3.63, 3.8) is 0 Å². The SMILES string of the molecule is C#CC(C)(C)c1ccccc1O. The summed E-state index contributed by atoms with van der Waals surface area (Å²) >= 11 is 0. The molecule has 0 saturated heterocycles. The maximum atomic E-state index is 9.48. The highest BCUT2D eigenvalue weighted by atomic mass is 16.3. The van der Waals surface area contributed by atoms with Gasteiger partial charge >= 0.3 is 0 Å². The number of benzene rings is 1. The Labute approximate surface area is 73.0 Å². The third-order valence-electron chi connectivity index (χ3n) is 1.94. The molecule has 0 bridgehead atoms. The monoisotopic (exact) mass is 160 g/mol. The fraction of sp³-hybridized carbons (Fsp3) is 0.273. The molecule has 0 amide bonds. The van der Waals surface area contributed by atoms with Crippen molar-refractivity contribution in [3.8, 4) is 18.1 Å². The molecule has 0 aromatic heterocycles. The van der Waals surface area contributed by atoms with Crippen LogP contribution in [0, 0.1) is 12.3 Å². The summed E-state index contributed by atoms with van der Waals surface area (Å²) < 4.78 is 0. The van der Waals surface area contributed by atoms with E-state index in [1.54, 1.807) is 12.1 Å². The Morgan fingerprint density at radius 3 is 2.42 bits per heavy atom. The molecule has 62 valence electrons. The molecule has 0 atom stereocenters. The summed E-state index contributed by atoms with van der Waals surface area (Å²) in [5.74, 6) is 2.90. The molecule has 0 saturated carbocycles. The summed E-state index contributed by atoms with van der Waals surface area (Å²) in [5.41, 5.74) is 0.401. The standard InChI is InChI=1S/C11H12O/c1-4-11(2,3)9-7-5-6-8-10(9)12/h1,5-8,12H,2-3H3. The second-order valence-corrected chi connectivity index (χ2v) is 3.29. The third kappa shape index (κ3) is 1.43. The van der Waals surface area contributed by atoms with Gasteiger partial charge in [-0.3, -0.25) is 0 Å². The lowest BCUT2D eigenvalue weighted by Gasteiger charge is -2.18. The maximum Gasteiger partial charge on any atom is 0.120 e. The van der Waals surface area contributed by atoms with Crippen LogP contribution in [0.4, 0.5) is 0 Å². The second kappa shape index (κ2) is 2.91. The summed E-state index contributed by atoms with van der Waals surface area (Å²) in [7, 11) is 0. The van der Waals surface area contributed by atoms with Crippen LogP contribution in [0.3, 0.4) is 0 Å². The molecule has 0 spiro atoms. The number of terminal acetylenes is 1. The van der Waals surface area contributed by atoms with E-state index in [1.807, 2.05) is 26.0 Å². The number of hydrogen-bond donors (Lipinski definition) is 1. The van der Waals surface area contributed by atoms with E-state index in [0.717, 1.165) is 5.56 Å². The lowest BCUT2D eigenvalue weighted by Crippen LogP contribution is -2.13. The molecule has 0 heterocycles. The van der Waals surface area contributed by atoms with Crippen LogP contribution in [0.15, 0.2) is 24.3 Å². The Bertz CT molecular complexity index is 318. The van der Waals surface area contributed by atoms with Crippen molar-refractivity contribution in [1.29, 1.82) is 0 Å². The van der Waals surface area contributed by atoms with E-state index in [-0.39, 0.29) is 5.75 Å². The van der Waals surface area contributed by atoms with Gasteiger partial charge in [0.2, 0.25) is 0 Å².